The average Bonchev–Trinajstić information content (AvgIpc) is 2.78. The number of carbonyl (C=O) groups excluding carboxylic acids is 1. The second-order valence-electron chi connectivity index (χ2n) is 7.68. The molecule has 0 spiro atoms. The quantitative estimate of drug-likeness (QED) is 0.262. The molecule has 3 unspecified atom stereocenters. The number of carbonyl (C=O) groups is 2. The molecule has 7 heteroatoms. The van der Waals surface area contributed by atoms with Crippen LogP contribution in [0, 0.1) is 5.92 Å². The first kappa shape index (κ1) is 26.5. The van der Waals surface area contributed by atoms with Crippen LogP contribution >= 0.6 is 23.5 Å². The van der Waals surface area contributed by atoms with Crippen LogP contribution in [-0.4, -0.2) is 62.3 Å². The summed E-state index contributed by atoms with van der Waals surface area (Å²) in [4.78, 5) is 22.7. The number of Topliss-reactive ketones (excluding diaryl/α,β-unsaturated/α-hetero) is 1. The molecule has 0 bridgehead atoms. The summed E-state index contributed by atoms with van der Waals surface area (Å²) in [7, 11) is 0. The maximum absolute atomic E-state index is 12.1. The molecule has 2 aromatic carbocycles. The van der Waals surface area contributed by atoms with E-state index in [1.54, 1.807) is 12.2 Å². The first-order valence-corrected chi connectivity index (χ1v) is 13.0. The van der Waals surface area contributed by atoms with Crippen molar-refractivity contribution in [2.75, 3.05) is 23.9 Å². The first-order chi connectivity index (χ1) is 15.4. The number of fused-ring (bicyclic) bond motifs is 1. The summed E-state index contributed by atoms with van der Waals surface area (Å²) in [5.41, 5.74) is 1.19. The number of rotatable bonds is 15. The lowest BCUT2D eigenvalue weighted by molar-refractivity contribution is -0.133. The molecule has 2 rings (SSSR count). The summed E-state index contributed by atoms with van der Waals surface area (Å²) in [5.74, 6) is 0.313. The fourth-order valence-corrected chi connectivity index (χ4v) is 5.59. The van der Waals surface area contributed by atoms with Crippen molar-refractivity contribution in [2.24, 2.45) is 5.92 Å². The molecule has 0 aliphatic heterocycles. The molecular formula is C25H32O5S2. The van der Waals surface area contributed by atoms with Crippen molar-refractivity contribution in [1.82, 2.24) is 0 Å². The van der Waals surface area contributed by atoms with Gasteiger partial charge in [-0.05, 0) is 54.0 Å². The number of hydrogen-bond acceptors (Lipinski definition) is 6. The summed E-state index contributed by atoms with van der Waals surface area (Å²) in [5, 5.41) is 30.9. The van der Waals surface area contributed by atoms with E-state index in [-0.39, 0.29) is 29.3 Å². The Morgan fingerprint density at radius 2 is 1.81 bits per heavy atom. The number of aliphatic hydroxyl groups is 2. The highest BCUT2D eigenvalue weighted by atomic mass is 32.2. The summed E-state index contributed by atoms with van der Waals surface area (Å²) in [6.07, 6.45) is 4.86. The van der Waals surface area contributed by atoms with Crippen LogP contribution in [0.25, 0.3) is 10.8 Å². The van der Waals surface area contributed by atoms with Gasteiger partial charge in [-0.25, -0.2) is 0 Å². The Balaban J connectivity index is 1.86. The number of carboxylic acid groups (broad SMARTS) is 1. The van der Waals surface area contributed by atoms with Crippen LogP contribution in [0.15, 0.2) is 54.6 Å². The van der Waals surface area contributed by atoms with E-state index >= 15 is 0 Å². The van der Waals surface area contributed by atoms with Crippen LogP contribution in [0.2, 0.25) is 0 Å². The fraction of sp³-hybridized carbons (Fsp3) is 0.440. The maximum atomic E-state index is 12.1. The first-order valence-electron chi connectivity index (χ1n) is 10.8. The van der Waals surface area contributed by atoms with E-state index in [4.69, 9.17) is 5.11 Å². The molecule has 0 aliphatic carbocycles. The number of benzene rings is 2. The Labute approximate surface area is 198 Å². The molecule has 174 valence electrons. The summed E-state index contributed by atoms with van der Waals surface area (Å²) >= 11 is 2.84. The minimum absolute atomic E-state index is 0.0119. The van der Waals surface area contributed by atoms with E-state index in [2.05, 4.69) is 24.3 Å². The van der Waals surface area contributed by atoms with Crippen LogP contribution in [-0.2, 0) is 16.0 Å². The topological polar surface area (TPSA) is 94.8 Å². The predicted molar refractivity (Wildman–Crippen MR) is 134 cm³/mol. The number of thioether (sulfide) groups is 2. The second kappa shape index (κ2) is 14.4. The largest absolute Gasteiger partial charge is 0.481 e. The van der Waals surface area contributed by atoms with Crippen LogP contribution in [0.1, 0.15) is 25.3 Å². The van der Waals surface area contributed by atoms with Crippen LogP contribution in [0.5, 0.6) is 0 Å². The molecule has 2 aromatic rings. The lowest BCUT2D eigenvalue weighted by Gasteiger charge is -2.20. The molecule has 0 aliphatic rings. The highest BCUT2D eigenvalue weighted by Gasteiger charge is 2.23. The standard InChI is InChI=1S/C25H32O5S2/c1-18(27)25(32-15-5-14-31-17-24(29)30)21(16-26)11-13-22(28)12-10-20-8-4-7-19-6-2-3-9-23(19)20/h2-4,6-9,11,13,21-22,25-26,28H,5,10,12,14-17H2,1H3,(H,29,30). The number of hydrogen-bond donors (Lipinski definition) is 3. The van der Waals surface area contributed by atoms with Crippen molar-refractivity contribution in [3.8, 4) is 0 Å². The zero-order valence-electron chi connectivity index (χ0n) is 18.4. The Kier molecular flexibility index (Phi) is 11.9. The van der Waals surface area contributed by atoms with Gasteiger partial charge in [0.25, 0.3) is 0 Å². The highest BCUT2D eigenvalue weighted by molar-refractivity contribution is 8.01. The molecule has 0 aromatic heterocycles. The van der Waals surface area contributed by atoms with Crippen molar-refractivity contribution >= 4 is 46.0 Å². The Morgan fingerprint density at radius 3 is 2.53 bits per heavy atom. The monoisotopic (exact) mass is 476 g/mol. The van der Waals surface area contributed by atoms with E-state index < -0.39 is 12.1 Å². The summed E-state index contributed by atoms with van der Waals surface area (Å²) in [6, 6.07) is 14.4. The molecule has 32 heavy (non-hydrogen) atoms. The van der Waals surface area contributed by atoms with E-state index in [9.17, 15) is 19.8 Å². The van der Waals surface area contributed by atoms with Crippen LogP contribution in [0.3, 0.4) is 0 Å². The molecular weight excluding hydrogens is 444 g/mol. The third kappa shape index (κ3) is 8.98. The van der Waals surface area contributed by atoms with E-state index in [1.165, 1.54) is 46.8 Å². The summed E-state index contributed by atoms with van der Waals surface area (Å²) in [6.45, 7) is 1.35. The average molecular weight is 477 g/mol. The molecule has 0 heterocycles. The van der Waals surface area contributed by atoms with E-state index in [0.29, 0.717) is 12.2 Å². The maximum Gasteiger partial charge on any atom is 0.313 e. The van der Waals surface area contributed by atoms with Gasteiger partial charge in [0.15, 0.2) is 0 Å². The number of aliphatic carboxylic acids is 1. The molecule has 0 saturated carbocycles. The van der Waals surface area contributed by atoms with Gasteiger partial charge in [0.2, 0.25) is 0 Å². The van der Waals surface area contributed by atoms with Gasteiger partial charge in [0.1, 0.15) is 5.78 Å². The van der Waals surface area contributed by atoms with Crippen LogP contribution in [0.4, 0.5) is 0 Å². The molecule has 0 fully saturated rings. The minimum atomic E-state index is -0.825. The molecule has 0 amide bonds. The van der Waals surface area contributed by atoms with Gasteiger partial charge in [-0.3, -0.25) is 9.59 Å². The lowest BCUT2D eigenvalue weighted by Crippen LogP contribution is -2.27. The second-order valence-corrected chi connectivity index (χ2v) is 10.0. The predicted octanol–water partition coefficient (Wildman–Crippen LogP) is 4.20. The van der Waals surface area contributed by atoms with Gasteiger partial charge in [-0.15, -0.1) is 11.8 Å². The smallest absolute Gasteiger partial charge is 0.313 e. The molecule has 5 nitrogen and oxygen atoms in total. The van der Waals surface area contributed by atoms with Crippen molar-refractivity contribution in [3.63, 3.8) is 0 Å². The Morgan fingerprint density at radius 1 is 1.06 bits per heavy atom. The van der Waals surface area contributed by atoms with Crippen LogP contribution < -0.4 is 0 Å². The molecule has 3 atom stereocenters. The molecule has 3 N–H and O–H groups in total. The molecule has 0 saturated heterocycles. The number of aliphatic hydroxyl groups excluding tert-OH is 2. The lowest BCUT2D eigenvalue weighted by atomic mass is 9.98. The third-order valence-corrected chi connectivity index (χ3v) is 7.72. The minimum Gasteiger partial charge on any atom is -0.481 e. The van der Waals surface area contributed by atoms with Gasteiger partial charge in [0, 0.05) is 5.92 Å². The Bertz CT molecular complexity index is 894. The van der Waals surface area contributed by atoms with E-state index in [1.807, 2.05) is 18.2 Å². The number of carboxylic acids is 1. The van der Waals surface area contributed by atoms with Crippen molar-refractivity contribution < 1.29 is 24.9 Å². The normalized spacial score (nSPS) is 14.5. The Hall–Kier alpha value is -1.80. The van der Waals surface area contributed by atoms with Gasteiger partial charge >= 0.3 is 5.97 Å². The van der Waals surface area contributed by atoms with Crippen molar-refractivity contribution in [3.05, 3.63) is 60.2 Å². The number of aryl methyl sites for hydroxylation is 1. The molecule has 0 radical (unpaired) electrons. The zero-order valence-corrected chi connectivity index (χ0v) is 20.0. The van der Waals surface area contributed by atoms with E-state index in [0.717, 1.165) is 18.6 Å². The highest BCUT2D eigenvalue weighted by Crippen LogP contribution is 2.24. The summed E-state index contributed by atoms with van der Waals surface area (Å²) < 4.78 is 0. The SMILES string of the molecule is CC(=O)C(SCCCSCC(=O)O)C(C=CC(O)CCc1cccc2ccccc12)CO. The zero-order chi connectivity index (χ0) is 23.3. The van der Waals surface area contributed by atoms with Gasteiger partial charge in [0.05, 0.1) is 23.7 Å². The van der Waals surface area contributed by atoms with Crippen molar-refractivity contribution in [1.29, 1.82) is 0 Å². The number of ketones is 1. The van der Waals surface area contributed by atoms with Crippen molar-refractivity contribution in [2.45, 2.75) is 37.5 Å². The van der Waals surface area contributed by atoms with Gasteiger partial charge in [-0.1, -0.05) is 54.6 Å². The van der Waals surface area contributed by atoms with Gasteiger partial charge in [-0.2, -0.15) is 11.8 Å². The fourth-order valence-electron chi connectivity index (χ4n) is 3.51. The van der Waals surface area contributed by atoms with Gasteiger partial charge < -0.3 is 15.3 Å². The third-order valence-electron chi connectivity index (χ3n) is 5.13.